The molecule has 0 aromatic heterocycles. The van der Waals surface area contributed by atoms with Crippen LogP contribution in [0.4, 0.5) is 0 Å². The molecular weight excluding hydrogens is 303 g/mol. The molecule has 82 valence electrons. The van der Waals surface area contributed by atoms with Gasteiger partial charge in [-0.15, -0.1) is 0 Å². The Labute approximate surface area is 104 Å². The van der Waals surface area contributed by atoms with Gasteiger partial charge in [-0.05, 0) is 48.6 Å². The zero-order valence-corrected chi connectivity index (χ0v) is 11.0. The molecule has 0 heterocycles. The number of nitrogens with two attached hydrogens (primary N) is 1. The van der Waals surface area contributed by atoms with Gasteiger partial charge in [0.15, 0.2) is 0 Å². The SMILES string of the molecule is CC(C)(CN)NC(=O)c1ccccc1I. The Morgan fingerprint density at radius 3 is 2.60 bits per heavy atom. The van der Waals surface area contributed by atoms with Crippen LogP contribution >= 0.6 is 22.6 Å². The fourth-order valence-electron chi connectivity index (χ4n) is 1.07. The minimum absolute atomic E-state index is 0.0737. The molecule has 1 amide bonds. The number of carbonyl (C=O) groups excluding carboxylic acids is 1. The lowest BCUT2D eigenvalue weighted by molar-refractivity contribution is 0.0915. The summed E-state index contributed by atoms with van der Waals surface area (Å²) in [7, 11) is 0. The molecule has 0 spiro atoms. The lowest BCUT2D eigenvalue weighted by Crippen LogP contribution is -2.49. The van der Waals surface area contributed by atoms with Gasteiger partial charge in [-0.3, -0.25) is 4.79 Å². The molecule has 0 bridgehead atoms. The van der Waals surface area contributed by atoms with Crippen LogP contribution in [0.1, 0.15) is 24.2 Å². The van der Waals surface area contributed by atoms with Crippen molar-refractivity contribution in [2.75, 3.05) is 6.54 Å². The van der Waals surface area contributed by atoms with E-state index in [0.29, 0.717) is 12.1 Å². The summed E-state index contributed by atoms with van der Waals surface area (Å²) in [6, 6.07) is 7.48. The normalized spacial score (nSPS) is 11.2. The molecule has 0 atom stereocenters. The second-order valence-electron chi connectivity index (χ2n) is 4.02. The van der Waals surface area contributed by atoms with Crippen molar-refractivity contribution in [3.63, 3.8) is 0 Å². The van der Waals surface area contributed by atoms with Gasteiger partial charge in [-0.1, -0.05) is 12.1 Å². The molecule has 0 fully saturated rings. The Bertz CT molecular complexity index is 363. The summed E-state index contributed by atoms with van der Waals surface area (Å²) in [6.07, 6.45) is 0. The lowest BCUT2D eigenvalue weighted by Gasteiger charge is -2.24. The van der Waals surface area contributed by atoms with Crippen molar-refractivity contribution in [2.24, 2.45) is 5.73 Å². The van der Waals surface area contributed by atoms with E-state index in [2.05, 4.69) is 27.9 Å². The van der Waals surface area contributed by atoms with Gasteiger partial charge in [0, 0.05) is 15.7 Å². The summed E-state index contributed by atoms with van der Waals surface area (Å²) in [5.74, 6) is -0.0737. The van der Waals surface area contributed by atoms with Gasteiger partial charge in [0.2, 0.25) is 0 Å². The molecule has 4 heteroatoms. The molecule has 3 nitrogen and oxygen atoms in total. The number of amides is 1. The minimum atomic E-state index is -0.365. The number of benzene rings is 1. The van der Waals surface area contributed by atoms with Gasteiger partial charge in [0.25, 0.3) is 5.91 Å². The van der Waals surface area contributed by atoms with Gasteiger partial charge in [0.1, 0.15) is 0 Å². The second-order valence-corrected chi connectivity index (χ2v) is 5.18. The van der Waals surface area contributed by atoms with Crippen molar-refractivity contribution in [3.8, 4) is 0 Å². The van der Waals surface area contributed by atoms with Crippen LogP contribution in [-0.4, -0.2) is 18.0 Å². The zero-order chi connectivity index (χ0) is 11.5. The van der Waals surface area contributed by atoms with Crippen molar-refractivity contribution >= 4 is 28.5 Å². The molecule has 0 radical (unpaired) electrons. The highest BCUT2D eigenvalue weighted by Gasteiger charge is 2.20. The van der Waals surface area contributed by atoms with Crippen molar-refractivity contribution < 1.29 is 4.79 Å². The van der Waals surface area contributed by atoms with Crippen molar-refractivity contribution in [3.05, 3.63) is 33.4 Å². The van der Waals surface area contributed by atoms with E-state index in [1.165, 1.54) is 0 Å². The standard InChI is InChI=1S/C11H15IN2O/c1-11(2,7-13)14-10(15)8-5-3-4-6-9(8)12/h3-6H,7,13H2,1-2H3,(H,14,15). The first-order chi connectivity index (χ1) is 6.96. The first-order valence-corrected chi connectivity index (χ1v) is 5.81. The van der Waals surface area contributed by atoms with Crippen LogP contribution in [0.2, 0.25) is 0 Å². The summed E-state index contributed by atoms with van der Waals surface area (Å²) in [5.41, 5.74) is 5.88. The summed E-state index contributed by atoms with van der Waals surface area (Å²) < 4.78 is 0.945. The molecule has 1 rings (SSSR count). The van der Waals surface area contributed by atoms with E-state index in [9.17, 15) is 4.79 Å². The van der Waals surface area contributed by atoms with E-state index < -0.39 is 0 Å². The average Bonchev–Trinajstić information content (AvgIpc) is 2.17. The maximum atomic E-state index is 11.9. The Kier molecular flexibility index (Phi) is 4.10. The van der Waals surface area contributed by atoms with Crippen LogP contribution in [0.5, 0.6) is 0 Å². The van der Waals surface area contributed by atoms with Crippen molar-refractivity contribution in [1.29, 1.82) is 0 Å². The third-order valence-corrected chi connectivity index (χ3v) is 3.02. The molecule has 0 aliphatic heterocycles. The van der Waals surface area contributed by atoms with Crippen LogP contribution < -0.4 is 11.1 Å². The molecule has 3 N–H and O–H groups in total. The Morgan fingerprint density at radius 2 is 2.07 bits per heavy atom. The predicted octanol–water partition coefficient (Wildman–Crippen LogP) is 1.76. The van der Waals surface area contributed by atoms with E-state index in [-0.39, 0.29) is 11.4 Å². The van der Waals surface area contributed by atoms with Crippen LogP contribution in [-0.2, 0) is 0 Å². The van der Waals surface area contributed by atoms with Crippen LogP contribution in [0.15, 0.2) is 24.3 Å². The molecule has 0 unspecified atom stereocenters. The maximum absolute atomic E-state index is 11.9. The number of rotatable bonds is 3. The average molecular weight is 318 g/mol. The first kappa shape index (κ1) is 12.4. The maximum Gasteiger partial charge on any atom is 0.252 e. The summed E-state index contributed by atoms with van der Waals surface area (Å²) in [5, 5.41) is 2.89. The number of hydrogen-bond donors (Lipinski definition) is 2. The van der Waals surface area contributed by atoms with Crippen LogP contribution in [0.25, 0.3) is 0 Å². The molecule has 15 heavy (non-hydrogen) atoms. The monoisotopic (exact) mass is 318 g/mol. The Hall–Kier alpha value is -0.620. The Morgan fingerprint density at radius 1 is 1.47 bits per heavy atom. The van der Waals surface area contributed by atoms with Gasteiger partial charge >= 0.3 is 0 Å². The molecule has 0 aliphatic carbocycles. The van der Waals surface area contributed by atoms with E-state index in [1.807, 2.05) is 38.1 Å². The summed E-state index contributed by atoms with van der Waals surface area (Å²) in [6.45, 7) is 4.23. The van der Waals surface area contributed by atoms with Gasteiger partial charge < -0.3 is 11.1 Å². The largest absolute Gasteiger partial charge is 0.346 e. The van der Waals surface area contributed by atoms with E-state index in [1.54, 1.807) is 0 Å². The number of nitrogens with one attached hydrogen (secondary N) is 1. The third kappa shape index (κ3) is 3.46. The lowest BCUT2D eigenvalue weighted by atomic mass is 10.1. The molecule has 0 saturated carbocycles. The van der Waals surface area contributed by atoms with Gasteiger partial charge in [-0.2, -0.15) is 0 Å². The molecule has 1 aromatic carbocycles. The quantitative estimate of drug-likeness (QED) is 0.835. The fraction of sp³-hybridized carbons (Fsp3) is 0.364. The van der Waals surface area contributed by atoms with Crippen molar-refractivity contribution in [2.45, 2.75) is 19.4 Å². The fourth-order valence-corrected chi connectivity index (χ4v) is 1.70. The minimum Gasteiger partial charge on any atom is -0.346 e. The zero-order valence-electron chi connectivity index (χ0n) is 8.88. The Balaban J connectivity index is 2.83. The van der Waals surface area contributed by atoms with Gasteiger partial charge in [-0.25, -0.2) is 0 Å². The second kappa shape index (κ2) is 4.94. The predicted molar refractivity (Wildman–Crippen MR) is 69.8 cm³/mol. The topological polar surface area (TPSA) is 55.1 Å². The summed E-state index contributed by atoms with van der Waals surface area (Å²) >= 11 is 2.15. The first-order valence-electron chi connectivity index (χ1n) is 4.73. The number of halogens is 1. The molecular formula is C11H15IN2O. The highest BCUT2D eigenvalue weighted by atomic mass is 127. The molecule has 0 saturated heterocycles. The van der Waals surface area contributed by atoms with Crippen LogP contribution in [0, 0.1) is 3.57 Å². The summed E-state index contributed by atoms with van der Waals surface area (Å²) in [4.78, 5) is 11.9. The van der Waals surface area contributed by atoms with E-state index >= 15 is 0 Å². The third-order valence-electron chi connectivity index (χ3n) is 2.08. The molecule has 0 aliphatic rings. The smallest absolute Gasteiger partial charge is 0.252 e. The van der Waals surface area contributed by atoms with Crippen LogP contribution in [0.3, 0.4) is 0 Å². The number of carbonyl (C=O) groups is 1. The van der Waals surface area contributed by atoms with Gasteiger partial charge in [0.05, 0.1) is 5.56 Å². The molecule has 1 aromatic rings. The number of hydrogen-bond acceptors (Lipinski definition) is 2. The van der Waals surface area contributed by atoms with E-state index in [4.69, 9.17) is 5.73 Å². The highest BCUT2D eigenvalue weighted by molar-refractivity contribution is 14.1. The van der Waals surface area contributed by atoms with E-state index in [0.717, 1.165) is 3.57 Å². The highest BCUT2D eigenvalue weighted by Crippen LogP contribution is 2.12. The van der Waals surface area contributed by atoms with Crippen molar-refractivity contribution in [1.82, 2.24) is 5.32 Å².